The van der Waals surface area contributed by atoms with Crippen molar-refractivity contribution in [2.24, 2.45) is 5.10 Å². The van der Waals surface area contributed by atoms with Crippen molar-refractivity contribution in [3.8, 4) is 0 Å². The van der Waals surface area contributed by atoms with Crippen LogP contribution in [-0.2, 0) is 18.6 Å². The van der Waals surface area contributed by atoms with Crippen LogP contribution >= 0.6 is 0 Å². The number of nitrogens with zero attached hydrogens (tertiary/aromatic N) is 2. The van der Waals surface area contributed by atoms with E-state index < -0.39 is 36.6 Å². The summed E-state index contributed by atoms with van der Waals surface area (Å²) < 4.78 is 25.3. The van der Waals surface area contributed by atoms with Crippen molar-refractivity contribution >= 4 is 31.4 Å². The molecule has 0 amide bonds. The van der Waals surface area contributed by atoms with Gasteiger partial charge < -0.3 is 23.6 Å². The molecule has 0 aromatic heterocycles. The Balaban J connectivity index is 2.07. The van der Waals surface area contributed by atoms with Crippen LogP contribution in [0.25, 0.3) is 0 Å². The summed E-state index contributed by atoms with van der Waals surface area (Å²) in [5.74, 6) is 0. The average molecular weight is 400 g/mol. The van der Waals surface area contributed by atoms with Gasteiger partial charge in [0.25, 0.3) is 0 Å². The minimum atomic E-state index is -0.494. The molecule has 0 bridgehead atoms. The van der Waals surface area contributed by atoms with E-state index in [1.54, 1.807) is 5.01 Å². The van der Waals surface area contributed by atoms with Crippen molar-refractivity contribution in [2.45, 2.75) is 77.8 Å². The number of hydrazone groups is 1. The molecule has 0 atom stereocenters. The van der Waals surface area contributed by atoms with Gasteiger partial charge in [0.15, 0.2) is 0 Å². The van der Waals surface area contributed by atoms with Gasteiger partial charge >= 0.3 is 14.2 Å². The summed E-state index contributed by atoms with van der Waals surface area (Å²) in [4.78, 5) is 0. The maximum atomic E-state index is 6.32. The summed E-state index contributed by atoms with van der Waals surface area (Å²) in [6, 6.07) is 6.04. The van der Waals surface area contributed by atoms with Gasteiger partial charge in [0.05, 0.1) is 28.6 Å². The summed E-state index contributed by atoms with van der Waals surface area (Å²) in [6.07, 6.45) is 1.83. The summed E-state index contributed by atoms with van der Waals surface area (Å²) in [7, 11) is 2.79. The molecule has 8 heteroatoms. The van der Waals surface area contributed by atoms with Gasteiger partial charge in [0.1, 0.15) is 0 Å². The van der Waals surface area contributed by atoms with E-state index >= 15 is 0 Å². The van der Waals surface area contributed by atoms with Gasteiger partial charge in [-0.1, -0.05) is 18.2 Å². The van der Waals surface area contributed by atoms with Crippen LogP contribution in [0.5, 0.6) is 0 Å². The molecule has 158 valence electrons. The maximum absolute atomic E-state index is 6.32. The Hall–Kier alpha value is -1.34. The standard InChI is InChI=1S/C21H34B2N2O4/c1-18(2)19(3,4)27-22(26-18)16-12-11-13-17(15(16)14-24-25(9)10)23-28-20(5,6)21(7,8)29-23/h11-14H,1-10H3/b24-14+. The van der Waals surface area contributed by atoms with Gasteiger partial charge in [-0.3, -0.25) is 0 Å². The SMILES string of the molecule is CN(C)/N=C/c1c(B2OC(C)(C)C(C)(C)O2)cccc1B1OC(C)(C)C(C)(C)O1. The minimum Gasteiger partial charge on any atom is -0.399 e. The lowest BCUT2D eigenvalue weighted by atomic mass is 9.68. The predicted molar refractivity (Wildman–Crippen MR) is 119 cm³/mol. The molecule has 0 N–H and O–H groups in total. The summed E-state index contributed by atoms with van der Waals surface area (Å²) >= 11 is 0. The van der Waals surface area contributed by atoms with Crippen LogP contribution in [-0.4, -0.2) is 62.0 Å². The molecule has 0 radical (unpaired) electrons. The van der Waals surface area contributed by atoms with Crippen LogP contribution < -0.4 is 10.9 Å². The highest BCUT2D eigenvalue weighted by atomic mass is 16.7. The zero-order valence-electron chi connectivity index (χ0n) is 19.5. The van der Waals surface area contributed by atoms with E-state index in [-0.39, 0.29) is 0 Å². The van der Waals surface area contributed by atoms with Crippen LogP contribution in [0.1, 0.15) is 61.0 Å². The lowest BCUT2D eigenvalue weighted by Crippen LogP contribution is -2.45. The Morgan fingerprint density at radius 2 is 1.07 bits per heavy atom. The van der Waals surface area contributed by atoms with Gasteiger partial charge in [-0.15, -0.1) is 0 Å². The first-order valence-corrected chi connectivity index (χ1v) is 10.2. The second-order valence-corrected chi connectivity index (χ2v) is 10.1. The monoisotopic (exact) mass is 400 g/mol. The van der Waals surface area contributed by atoms with Crippen molar-refractivity contribution in [1.82, 2.24) is 5.01 Å². The third kappa shape index (κ3) is 4.00. The molecule has 0 spiro atoms. The maximum Gasteiger partial charge on any atom is 0.495 e. The van der Waals surface area contributed by atoms with Crippen molar-refractivity contribution in [2.75, 3.05) is 14.1 Å². The van der Waals surface area contributed by atoms with Crippen LogP contribution in [0.2, 0.25) is 0 Å². The van der Waals surface area contributed by atoms with E-state index in [1.807, 2.05) is 38.5 Å². The second-order valence-electron chi connectivity index (χ2n) is 10.1. The lowest BCUT2D eigenvalue weighted by Gasteiger charge is -2.32. The van der Waals surface area contributed by atoms with E-state index in [0.717, 1.165) is 16.5 Å². The third-order valence-corrected chi connectivity index (χ3v) is 6.61. The quantitative estimate of drug-likeness (QED) is 0.441. The predicted octanol–water partition coefficient (Wildman–Crippen LogP) is 2.18. The number of hydrogen-bond acceptors (Lipinski definition) is 6. The van der Waals surface area contributed by atoms with Gasteiger partial charge in [0.2, 0.25) is 0 Å². The van der Waals surface area contributed by atoms with E-state index in [9.17, 15) is 0 Å². The number of hydrogen-bond donors (Lipinski definition) is 0. The first-order chi connectivity index (χ1) is 13.2. The van der Waals surface area contributed by atoms with Crippen molar-refractivity contribution in [1.29, 1.82) is 0 Å². The Bertz CT molecular complexity index is 720. The molecular formula is C21H34B2N2O4. The highest BCUT2D eigenvalue weighted by Crippen LogP contribution is 2.38. The molecule has 2 aliphatic heterocycles. The van der Waals surface area contributed by atoms with E-state index in [0.29, 0.717) is 0 Å². The summed E-state index contributed by atoms with van der Waals surface area (Å²) in [5.41, 5.74) is 1.05. The summed E-state index contributed by atoms with van der Waals surface area (Å²) in [6.45, 7) is 16.4. The molecular weight excluding hydrogens is 366 g/mol. The zero-order valence-corrected chi connectivity index (χ0v) is 19.5. The van der Waals surface area contributed by atoms with Crippen LogP contribution in [0.4, 0.5) is 0 Å². The molecule has 2 aliphatic rings. The Morgan fingerprint density at radius 3 is 1.38 bits per heavy atom. The Labute approximate surface area is 176 Å². The topological polar surface area (TPSA) is 52.5 Å². The van der Waals surface area contributed by atoms with Crippen LogP contribution in [0.3, 0.4) is 0 Å². The number of benzene rings is 1. The first kappa shape index (κ1) is 22.3. The molecule has 2 saturated heterocycles. The van der Waals surface area contributed by atoms with Gasteiger partial charge in [0, 0.05) is 14.1 Å². The highest BCUT2D eigenvalue weighted by Gasteiger charge is 2.54. The van der Waals surface area contributed by atoms with Gasteiger partial charge in [-0.25, -0.2) is 0 Å². The van der Waals surface area contributed by atoms with Crippen LogP contribution in [0, 0.1) is 0 Å². The van der Waals surface area contributed by atoms with Crippen molar-refractivity contribution in [3.63, 3.8) is 0 Å². The molecule has 6 nitrogen and oxygen atoms in total. The molecule has 0 saturated carbocycles. The lowest BCUT2D eigenvalue weighted by molar-refractivity contribution is 0.00578. The summed E-state index contributed by atoms with van der Waals surface area (Å²) in [5, 5.41) is 6.25. The van der Waals surface area contributed by atoms with Crippen LogP contribution in [0.15, 0.2) is 23.3 Å². The molecule has 29 heavy (non-hydrogen) atoms. The van der Waals surface area contributed by atoms with E-state index in [4.69, 9.17) is 18.6 Å². The fraction of sp³-hybridized carbons (Fsp3) is 0.667. The second kappa shape index (κ2) is 7.12. The molecule has 0 unspecified atom stereocenters. The fourth-order valence-corrected chi connectivity index (χ4v) is 3.28. The third-order valence-electron chi connectivity index (χ3n) is 6.61. The van der Waals surface area contributed by atoms with E-state index in [2.05, 4.69) is 60.5 Å². The Kier molecular flexibility index (Phi) is 5.49. The zero-order chi connectivity index (χ0) is 21.8. The molecule has 0 aliphatic carbocycles. The normalized spacial score (nSPS) is 24.5. The first-order valence-electron chi connectivity index (χ1n) is 10.2. The highest BCUT2D eigenvalue weighted by molar-refractivity contribution is 6.68. The largest absolute Gasteiger partial charge is 0.495 e. The van der Waals surface area contributed by atoms with E-state index in [1.165, 1.54) is 0 Å². The number of rotatable bonds is 4. The minimum absolute atomic E-state index is 0.423. The van der Waals surface area contributed by atoms with Crippen molar-refractivity contribution in [3.05, 3.63) is 23.8 Å². The fourth-order valence-electron chi connectivity index (χ4n) is 3.28. The van der Waals surface area contributed by atoms with Gasteiger partial charge in [-0.2, -0.15) is 5.10 Å². The Morgan fingerprint density at radius 1 is 0.724 bits per heavy atom. The molecule has 2 heterocycles. The molecule has 2 fully saturated rings. The average Bonchev–Trinajstić information content (AvgIpc) is 2.92. The molecule has 1 aromatic carbocycles. The molecule has 1 aromatic rings. The smallest absolute Gasteiger partial charge is 0.399 e. The van der Waals surface area contributed by atoms with Gasteiger partial charge in [-0.05, 0) is 71.9 Å². The molecule has 3 rings (SSSR count). The van der Waals surface area contributed by atoms with Crippen molar-refractivity contribution < 1.29 is 18.6 Å².